The van der Waals surface area contributed by atoms with E-state index >= 15 is 0 Å². The number of benzene rings is 1. The molecule has 0 bridgehead atoms. The molecule has 1 amide bonds. The van der Waals surface area contributed by atoms with Crippen molar-refractivity contribution < 1.29 is 9.53 Å². The van der Waals surface area contributed by atoms with Crippen molar-refractivity contribution in [1.82, 2.24) is 4.90 Å². The van der Waals surface area contributed by atoms with Crippen LogP contribution in [0.2, 0.25) is 0 Å². The number of methoxy groups -OCH3 is 1. The highest BCUT2D eigenvalue weighted by molar-refractivity contribution is 5.94. The first kappa shape index (κ1) is 11.3. The van der Waals surface area contributed by atoms with Crippen molar-refractivity contribution in [2.24, 2.45) is 0 Å². The Balaban J connectivity index is 3.13. The highest BCUT2D eigenvalue weighted by Gasteiger charge is 2.10. The molecule has 0 spiro atoms. The van der Waals surface area contributed by atoms with Crippen LogP contribution in [0.15, 0.2) is 24.8 Å². The number of hydrogen-bond acceptors (Lipinski definition) is 2. The fourth-order valence-corrected chi connectivity index (χ4v) is 1.27. The zero-order chi connectivity index (χ0) is 11.4. The molecule has 0 fully saturated rings. The van der Waals surface area contributed by atoms with E-state index in [-0.39, 0.29) is 5.91 Å². The maximum absolute atomic E-state index is 11.7. The molecule has 0 radical (unpaired) electrons. The summed E-state index contributed by atoms with van der Waals surface area (Å²) >= 11 is 0. The number of amides is 1. The molecule has 0 aliphatic heterocycles. The molecular formula is C12H15NO2. The van der Waals surface area contributed by atoms with Crippen LogP contribution in [0.3, 0.4) is 0 Å². The molecule has 0 unspecified atom stereocenters. The van der Waals surface area contributed by atoms with Crippen molar-refractivity contribution in [1.29, 1.82) is 0 Å². The van der Waals surface area contributed by atoms with Crippen LogP contribution in [0, 0.1) is 0 Å². The first-order valence-electron chi connectivity index (χ1n) is 4.62. The maximum Gasteiger partial charge on any atom is 0.253 e. The van der Waals surface area contributed by atoms with Crippen LogP contribution >= 0.6 is 0 Å². The maximum atomic E-state index is 11.7. The summed E-state index contributed by atoms with van der Waals surface area (Å²) in [5.41, 5.74) is 1.50. The molecule has 0 aliphatic carbocycles. The summed E-state index contributed by atoms with van der Waals surface area (Å²) in [6, 6.07) is 5.31. The summed E-state index contributed by atoms with van der Waals surface area (Å²) in [4.78, 5) is 13.2. The lowest BCUT2D eigenvalue weighted by atomic mass is 10.1. The minimum atomic E-state index is -0.0380. The molecular weight excluding hydrogens is 190 g/mol. The van der Waals surface area contributed by atoms with Gasteiger partial charge in [0.2, 0.25) is 0 Å². The van der Waals surface area contributed by atoms with Gasteiger partial charge in [0.05, 0.1) is 7.11 Å². The normalized spacial score (nSPS) is 9.53. The van der Waals surface area contributed by atoms with Gasteiger partial charge in [-0.1, -0.05) is 18.7 Å². The molecule has 0 aliphatic rings. The van der Waals surface area contributed by atoms with Gasteiger partial charge in [-0.05, 0) is 12.1 Å². The molecule has 0 N–H and O–H groups in total. The smallest absolute Gasteiger partial charge is 0.253 e. The van der Waals surface area contributed by atoms with Gasteiger partial charge in [-0.25, -0.2) is 0 Å². The van der Waals surface area contributed by atoms with Gasteiger partial charge in [0.15, 0.2) is 0 Å². The minimum Gasteiger partial charge on any atom is -0.496 e. The van der Waals surface area contributed by atoms with Gasteiger partial charge in [-0.3, -0.25) is 4.79 Å². The number of ether oxygens (including phenoxy) is 1. The minimum absolute atomic E-state index is 0.0380. The Bertz CT molecular complexity index is 383. The molecule has 0 saturated heterocycles. The van der Waals surface area contributed by atoms with Gasteiger partial charge < -0.3 is 9.64 Å². The van der Waals surface area contributed by atoms with E-state index in [1.807, 2.05) is 6.07 Å². The third-order valence-corrected chi connectivity index (χ3v) is 2.11. The SMILES string of the molecule is C=Cc1ccc(C(=O)N(C)C)cc1OC. The van der Waals surface area contributed by atoms with Crippen LogP contribution in [0.4, 0.5) is 0 Å². The van der Waals surface area contributed by atoms with E-state index in [0.29, 0.717) is 11.3 Å². The standard InChI is InChI=1S/C12H15NO2/c1-5-9-6-7-10(8-11(9)15-4)12(14)13(2)3/h5-8H,1H2,2-4H3. The second-order valence-electron chi connectivity index (χ2n) is 3.36. The third-order valence-electron chi connectivity index (χ3n) is 2.11. The average Bonchev–Trinajstić information content (AvgIpc) is 2.26. The zero-order valence-corrected chi connectivity index (χ0v) is 9.28. The van der Waals surface area contributed by atoms with Crippen LogP contribution in [-0.2, 0) is 0 Å². The number of carbonyl (C=O) groups is 1. The van der Waals surface area contributed by atoms with Crippen LogP contribution in [0.5, 0.6) is 5.75 Å². The summed E-state index contributed by atoms with van der Waals surface area (Å²) in [5.74, 6) is 0.626. The van der Waals surface area contributed by atoms with E-state index in [1.54, 1.807) is 39.4 Å². The molecule has 1 rings (SSSR count). The highest BCUT2D eigenvalue weighted by Crippen LogP contribution is 2.21. The predicted octanol–water partition coefficient (Wildman–Crippen LogP) is 2.04. The largest absolute Gasteiger partial charge is 0.496 e. The van der Waals surface area contributed by atoms with Crippen molar-refractivity contribution in [3.05, 3.63) is 35.9 Å². The highest BCUT2D eigenvalue weighted by atomic mass is 16.5. The fourth-order valence-electron chi connectivity index (χ4n) is 1.27. The van der Waals surface area contributed by atoms with Crippen molar-refractivity contribution in [2.45, 2.75) is 0 Å². The summed E-state index contributed by atoms with van der Waals surface area (Å²) < 4.78 is 5.16. The average molecular weight is 205 g/mol. The first-order chi connectivity index (χ1) is 7.10. The molecule has 80 valence electrons. The molecule has 0 atom stereocenters. The summed E-state index contributed by atoms with van der Waals surface area (Å²) in [5, 5.41) is 0. The third kappa shape index (κ3) is 2.37. The second kappa shape index (κ2) is 4.64. The first-order valence-corrected chi connectivity index (χ1v) is 4.62. The Morgan fingerprint density at radius 1 is 1.47 bits per heavy atom. The van der Waals surface area contributed by atoms with E-state index in [2.05, 4.69) is 6.58 Å². The molecule has 0 aromatic heterocycles. The Labute approximate surface area is 90.0 Å². The Morgan fingerprint density at radius 2 is 2.13 bits per heavy atom. The summed E-state index contributed by atoms with van der Waals surface area (Å²) in [7, 11) is 5.01. The van der Waals surface area contributed by atoms with Crippen molar-refractivity contribution in [3.8, 4) is 5.75 Å². The van der Waals surface area contributed by atoms with Crippen LogP contribution < -0.4 is 4.74 Å². The van der Waals surface area contributed by atoms with E-state index < -0.39 is 0 Å². The molecule has 15 heavy (non-hydrogen) atoms. The number of rotatable bonds is 3. The van der Waals surface area contributed by atoms with Crippen molar-refractivity contribution in [3.63, 3.8) is 0 Å². The van der Waals surface area contributed by atoms with Gasteiger partial charge >= 0.3 is 0 Å². The topological polar surface area (TPSA) is 29.5 Å². The lowest BCUT2D eigenvalue weighted by Crippen LogP contribution is -2.21. The van der Waals surface area contributed by atoms with E-state index in [9.17, 15) is 4.79 Å². The monoisotopic (exact) mass is 205 g/mol. The number of hydrogen-bond donors (Lipinski definition) is 0. The van der Waals surface area contributed by atoms with Crippen LogP contribution in [0.25, 0.3) is 6.08 Å². The van der Waals surface area contributed by atoms with Crippen LogP contribution in [0.1, 0.15) is 15.9 Å². The van der Waals surface area contributed by atoms with Gasteiger partial charge in [0.1, 0.15) is 5.75 Å². The second-order valence-corrected chi connectivity index (χ2v) is 3.36. The number of nitrogens with zero attached hydrogens (tertiary/aromatic N) is 1. The molecule has 0 saturated carbocycles. The van der Waals surface area contributed by atoms with Crippen molar-refractivity contribution in [2.75, 3.05) is 21.2 Å². The molecule has 1 aromatic rings. The molecule has 1 aromatic carbocycles. The van der Waals surface area contributed by atoms with E-state index in [4.69, 9.17) is 4.74 Å². The van der Waals surface area contributed by atoms with Gasteiger partial charge in [-0.2, -0.15) is 0 Å². The predicted molar refractivity (Wildman–Crippen MR) is 61.1 cm³/mol. The molecule has 0 heterocycles. The lowest BCUT2D eigenvalue weighted by Gasteiger charge is -2.12. The molecule has 3 nitrogen and oxygen atoms in total. The Morgan fingerprint density at radius 3 is 2.60 bits per heavy atom. The van der Waals surface area contributed by atoms with E-state index in [0.717, 1.165) is 5.56 Å². The van der Waals surface area contributed by atoms with Gasteiger partial charge in [-0.15, -0.1) is 0 Å². The zero-order valence-electron chi connectivity index (χ0n) is 9.28. The van der Waals surface area contributed by atoms with Gasteiger partial charge in [0, 0.05) is 25.2 Å². The van der Waals surface area contributed by atoms with Crippen molar-refractivity contribution >= 4 is 12.0 Å². The summed E-state index contributed by atoms with van der Waals surface area (Å²) in [6.07, 6.45) is 1.70. The van der Waals surface area contributed by atoms with Gasteiger partial charge in [0.25, 0.3) is 5.91 Å². The van der Waals surface area contributed by atoms with E-state index in [1.165, 1.54) is 4.90 Å². The lowest BCUT2D eigenvalue weighted by molar-refractivity contribution is 0.0827. The molecule has 3 heteroatoms. The Kier molecular flexibility index (Phi) is 3.50. The quantitative estimate of drug-likeness (QED) is 0.755. The summed E-state index contributed by atoms with van der Waals surface area (Å²) in [6.45, 7) is 3.67. The Hall–Kier alpha value is -1.77. The fraction of sp³-hybridized carbons (Fsp3) is 0.250. The van der Waals surface area contributed by atoms with Crippen LogP contribution in [-0.4, -0.2) is 32.0 Å². The number of carbonyl (C=O) groups excluding carboxylic acids is 1.